The van der Waals surface area contributed by atoms with Crippen molar-refractivity contribution in [2.75, 3.05) is 6.61 Å². The minimum Gasteiger partial charge on any atom is -0.457 e. The summed E-state index contributed by atoms with van der Waals surface area (Å²) in [5.41, 5.74) is -0.0104. The van der Waals surface area contributed by atoms with Gasteiger partial charge in [-0.15, -0.1) is 0 Å². The van der Waals surface area contributed by atoms with Gasteiger partial charge < -0.3 is 4.74 Å². The van der Waals surface area contributed by atoms with Crippen molar-refractivity contribution < 1.29 is 14.3 Å². The first-order chi connectivity index (χ1) is 9.39. The highest BCUT2D eigenvalue weighted by molar-refractivity contribution is 6.09. The normalized spacial score (nSPS) is 11.3. The maximum atomic E-state index is 12.2. The summed E-state index contributed by atoms with van der Waals surface area (Å²) in [6.07, 6.45) is 0. The molecule has 0 aromatic heterocycles. The highest BCUT2D eigenvalue weighted by atomic mass is 16.5. The lowest BCUT2D eigenvalue weighted by Crippen LogP contribution is -2.25. The molecule has 0 heterocycles. The summed E-state index contributed by atoms with van der Waals surface area (Å²) in [4.78, 5) is 23.9. The molecule has 0 bridgehead atoms. The number of fused-ring (bicyclic) bond motifs is 1. The monoisotopic (exact) mass is 270 g/mol. The number of carbonyl (C=O) groups is 2. The number of Topliss-reactive ketones (excluding diaryl/α,β-unsaturated/α-hetero) is 1. The standard InChI is InChI=1S/C17H18O3/c1-17(2,3)16(19)20-11-15(18)14-10-6-8-12-7-4-5-9-13(12)14/h4-10H,11H2,1-3H3. The second-order valence-electron chi connectivity index (χ2n) is 5.78. The number of ketones is 1. The lowest BCUT2D eigenvalue weighted by molar-refractivity contribution is -0.151. The lowest BCUT2D eigenvalue weighted by atomic mass is 9.97. The molecule has 0 spiro atoms. The van der Waals surface area contributed by atoms with E-state index < -0.39 is 5.41 Å². The summed E-state index contributed by atoms with van der Waals surface area (Å²) in [7, 11) is 0. The van der Waals surface area contributed by atoms with Crippen LogP contribution in [0.3, 0.4) is 0 Å². The van der Waals surface area contributed by atoms with Gasteiger partial charge in [0, 0.05) is 5.56 Å². The first-order valence-corrected chi connectivity index (χ1v) is 6.58. The Morgan fingerprint density at radius 3 is 2.35 bits per heavy atom. The Labute approximate surface area is 118 Å². The highest BCUT2D eigenvalue weighted by Crippen LogP contribution is 2.20. The molecule has 0 amide bonds. The van der Waals surface area contributed by atoms with Gasteiger partial charge in [0.25, 0.3) is 0 Å². The molecule has 2 rings (SSSR count). The number of rotatable bonds is 3. The fourth-order valence-electron chi connectivity index (χ4n) is 1.89. The Balaban J connectivity index is 2.18. The number of carbonyl (C=O) groups excluding carboxylic acids is 2. The van der Waals surface area contributed by atoms with Crippen LogP contribution in [0.25, 0.3) is 10.8 Å². The van der Waals surface area contributed by atoms with Gasteiger partial charge in [-0.1, -0.05) is 42.5 Å². The predicted molar refractivity (Wildman–Crippen MR) is 78.7 cm³/mol. The molecule has 0 aliphatic carbocycles. The molecule has 3 heteroatoms. The van der Waals surface area contributed by atoms with Crippen LogP contribution < -0.4 is 0 Å². The number of hydrogen-bond acceptors (Lipinski definition) is 3. The highest BCUT2D eigenvalue weighted by Gasteiger charge is 2.24. The van der Waals surface area contributed by atoms with Crippen LogP contribution in [0.4, 0.5) is 0 Å². The van der Waals surface area contributed by atoms with E-state index in [4.69, 9.17) is 4.74 Å². The van der Waals surface area contributed by atoms with Gasteiger partial charge >= 0.3 is 5.97 Å². The molecule has 0 aliphatic heterocycles. The van der Waals surface area contributed by atoms with Gasteiger partial charge in [0.2, 0.25) is 5.78 Å². The average molecular weight is 270 g/mol. The fourth-order valence-corrected chi connectivity index (χ4v) is 1.89. The maximum absolute atomic E-state index is 12.2. The average Bonchev–Trinajstić information content (AvgIpc) is 2.42. The van der Waals surface area contributed by atoms with Crippen molar-refractivity contribution in [3.8, 4) is 0 Å². The molecule has 2 aromatic rings. The van der Waals surface area contributed by atoms with Crippen molar-refractivity contribution >= 4 is 22.5 Å². The Bertz CT molecular complexity index is 645. The van der Waals surface area contributed by atoms with Crippen LogP contribution in [-0.2, 0) is 9.53 Å². The lowest BCUT2D eigenvalue weighted by Gasteiger charge is -2.16. The van der Waals surface area contributed by atoms with Crippen LogP contribution in [0.1, 0.15) is 31.1 Å². The van der Waals surface area contributed by atoms with E-state index in [0.29, 0.717) is 5.56 Å². The molecule has 0 fully saturated rings. The van der Waals surface area contributed by atoms with Gasteiger partial charge in [0.1, 0.15) is 0 Å². The minimum absolute atomic E-state index is 0.181. The van der Waals surface area contributed by atoms with E-state index >= 15 is 0 Å². The summed E-state index contributed by atoms with van der Waals surface area (Å²) in [6.45, 7) is 5.07. The SMILES string of the molecule is CC(C)(C)C(=O)OCC(=O)c1cccc2ccccc12. The summed E-state index contributed by atoms with van der Waals surface area (Å²) in [6, 6.07) is 13.2. The van der Waals surface area contributed by atoms with Crippen LogP contribution in [0, 0.1) is 5.41 Å². The van der Waals surface area contributed by atoms with Gasteiger partial charge in [-0.2, -0.15) is 0 Å². The van der Waals surface area contributed by atoms with Crippen LogP contribution >= 0.6 is 0 Å². The number of ether oxygens (including phenoxy) is 1. The van der Waals surface area contributed by atoms with Crippen molar-refractivity contribution in [1.82, 2.24) is 0 Å². The Hall–Kier alpha value is -2.16. The van der Waals surface area contributed by atoms with Gasteiger partial charge in [-0.25, -0.2) is 0 Å². The Morgan fingerprint density at radius 1 is 1.00 bits per heavy atom. The third kappa shape index (κ3) is 3.05. The topological polar surface area (TPSA) is 43.4 Å². The molecule has 0 saturated carbocycles. The summed E-state index contributed by atoms with van der Waals surface area (Å²) in [5.74, 6) is -0.550. The van der Waals surface area contributed by atoms with Crippen LogP contribution in [0.2, 0.25) is 0 Å². The van der Waals surface area contributed by atoms with Gasteiger partial charge in [0.15, 0.2) is 6.61 Å². The summed E-state index contributed by atoms with van der Waals surface area (Å²) < 4.78 is 5.08. The second-order valence-corrected chi connectivity index (χ2v) is 5.78. The third-order valence-corrected chi connectivity index (χ3v) is 3.04. The molecule has 104 valence electrons. The Kier molecular flexibility index (Phi) is 3.89. The predicted octanol–water partition coefficient (Wildman–Crippen LogP) is 3.61. The van der Waals surface area contributed by atoms with Gasteiger partial charge in [-0.3, -0.25) is 9.59 Å². The first-order valence-electron chi connectivity index (χ1n) is 6.58. The van der Waals surface area contributed by atoms with E-state index in [1.165, 1.54) is 0 Å². The van der Waals surface area contributed by atoms with E-state index in [9.17, 15) is 9.59 Å². The zero-order valence-corrected chi connectivity index (χ0v) is 12.0. The minimum atomic E-state index is -0.598. The van der Waals surface area contributed by atoms with Crippen molar-refractivity contribution in [3.63, 3.8) is 0 Å². The zero-order chi connectivity index (χ0) is 14.8. The summed E-state index contributed by atoms with van der Waals surface area (Å²) >= 11 is 0. The molecule has 0 unspecified atom stereocenters. The van der Waals surface area contributed by atoms with Crippen molar-refractivity contribution in [2.45, 2.75) is 20.8 Å². The molecule has 0 atom stereocenters. The van der Waals surface area contributed by atoms with Crippen LogP contribution in [0.5, 0.6) is 0 Å². The van der Waals surface area contributed by atoms with Crippen molar-refractivity contribution in [3.05, 3.63) is 48.0 Å². The van der Waals surface area contributed by atoms with E-state index in [1.807, 2.05) is 36.4 Å². The molecule has 2 aromatic carbocycles. The molecule has 0 N–H and O–H groups in total. The smallest absolute Gasteiger partial charge is 0.311 e. The molecular weight excluding hydrogens is 252 g/mol. The molecule has 0 radical (unpaired) electrons. The molecule has 20 heavy (non-hydrogen) atoms. The third-order valence-electron chi connectivity index (χ3n) is 3.04. The van der Waals surface area contributed by atoms with E-state index in [2.05, 4.69) is 0 Å². The molecule has 0 saturated heterocycles. The molecule has 3 nitrogen and oxygen atoms in total. The number of benzene rings is 2. The Morgan fingerprint density at radius 2 is 1.65 bits per heavy atom. The molecular formula is C17H18O3. The van der Waals surface area contributed by atoms with Crippen molar-refractivity contribution in [1.29, 1.82) is 0 Å². The van der Waals surface area contributed by atoms with E-state index in [-0.39, 0.29) is 18.4 Å². The van der Waals surface area contributed by atoms with E-state index in [1.54, 1.807) is 26.8 Å². The van der Waals surface area contributed by atoms with Crippen LogP contribution in [0.15, 0.2) is 42.5 Å². The quantitative estimate of drug-likeness (QED) is 0.632. The fraction of sp³-hybridized carbons (Fsp3) is 0.294. The molecule has 0 aliphatic rings. The van der Waals surface area contributed by atoms with Crippen molar-refractivity contribution in [2.24, 2.45) is 5.41 Å². The largest absolute Gasteiger partial charge is 0.457 e. The number of esters is 1. The zero-order valence-electron chi connectivity index (χ0n) is 12.0. The number of hydrogen-bond donors (Lipinski definition) is 0. The van der Waals surface area contributed by atoms with E-state index in [0.717, 1.165) is 10.8 Å². The summed E-state index contributed by atoms with van der Waals surface area (Å²) in [5, 5.41) is 1.88. The van der Waals surface area contributed by atoms with Gasteiger partial charge in [0.05, 0.1) is 5.41 Å². The van der Waals surface area contributed by atoms with Gasteiger partial charge in [-0.05, 0) is 31.5 Å². The second kappa shape index (κ2) is 5.45. The van der Waals surface area contributed by atoms with Crippen LogP contribution in [-0.4, -0.2) is 18.4 Å². The first kappa shape index (κ1) is 14.3. The maximum Gasteiger partial charge on any atom is 0.311 e.